The second-order valence-corrected chi connectivity index (χ2v) is 9.60. The summed E-state index contributed by atoms with van der Waals surface area (Å²) in [5.41, 5.74) is 0.314. The van der Waals surface area contributed by atoms with Crippen molar-refractivity contribution in [2.45, 2.75) is 64.2 Å². The van der Waals surface area contributed by atoms with Crippen molar-refractivity contribution < 1.29 is 18.7 Å². The lowest BCUT2D eigenvalue weighted by atomic mass is 9.68. The van der Waals surface area contributed by atoms with Crippen LogP contribution in [0.25, 0.3) is 0 Å². The predicted octanol–water partition coefficient (Wildman–Crippen LogP) is 4.77. The number of alkyl carbamates (subject to hydrolysis) is 1. The monoisotopic (exact) mass is 408 g/mol. The first-order valence-corrected chi connectivity index (χ1v) is 10.6. The average Bonchev–Trinajstić information content (AvgIpc) is 2.61. The molecule has 1 aliphatic carbocycles. The van der Waals surface area contributed by atoms with Crippen LogP contribution in [0.2, 0.25) is 0 Å². The Labute approximate surface area is 170 Å². The maximum Gasteiger partial charge on any atom is 0.413 e. The summed E-state index contributed by atoms with van der Waals surface area (Å²) in [6.45, 7) is 7.40. The molecular formula is C21H29FN2O3S. The van der Waals surface area contributed by atoms with Crippen LogP contribution in [0.15, 0.2) is 23.2 Å². The molecule has 3 rings (SSSR count). The molecule has 1 fully saturated rings. The number of nitrogens with one attached hydrogen (secondary N) is 1. The molecule has 0 spiro atoms. The molecule has 2 aliphatic rings. The van der Waals surface area contributed by atoms with Crippen LogP contribution in [-0.2, 0) is 15.0 Å². The molecule has 1 saturated carbocycles. The van der Waals surface area contributed by atoms with E-state index in [4.69, 9.17) is 14.5 Å². The van der Waals surface area contributed by atoms with E-state index in [-0.39, 0.29) is 17.8 Å². The van der Waals surface area contributed by atoms with E-state index in [9.17, 15) is 9.18 Å². The van der Waals surface area contributed by atoms with Crippen LogP contribution in [0, 0.1) is 18.7 Å². The van der Waals surface area contributed by atoms with Crippen molar-refractivity contribution in [3.63, 3.8) is 0 Å². The van der Waals surface area contributed by atoms with Crippen LogP contribution >= 0.6 is 11.8 Å². The Morgan fingerprint density at radius 2 is 2.14 bits per heavy atom. The van der Waals surface area contributed by atoms with Crippen LogP contribution < -0.4 is 5.32 Å². The number of aliphatic imine (C=N–C) groups is 1. The van der Waals surface area contributed by atoms with Crippen LogP contribution in [0.4, 0.5) is 9.18 Å². The molecule has 1 aliphatic heterocycles. The van der Waals surface area contributed by atoms with Crippen LogP contribution in [-0.4, -0.2) is 35.8 Å². The molecular weight excluding hydrogens is 379 g/mol. The summed E-state index contributed by atoms with van der Waals surface area (Å²) < 4.78 is 25.8. The normalized spacial score (nSPS) is 27.6. The molecule has 1 aromatic carbocycles. The number of halogens is 1. The summed E-state index contributed by atoms with van der Waals surface area (Å²) in [6.07, 6.45) is 1.91. The number of methoxy groups -OCH3 is 1. The van der Waals surface area contributed by atoms with Gasteiger partial charge in [-0.25, -0.2) is 9.18 Å². The van der Waals surface area contributed by atoms with Crippen molar-refractivity contribution in [3.8, 4) is 0 Å². The minimum atomic E-state index is -0.694. The first-order valence-electron chi connectivity index (χ1n) is 9.65. The minimum Gasteiger partial charge on any atom is -0.444 e. The van der Waals surface area contributed by atoms with Crippen molar-refractivity contribution in [1.29, 1.82) is 0 Å². The molecule has 0 aromatic heterocycles. The molecule has 0 bridgehead atoms. The highest BCUT2D eigenvalue weighted by Gasteiger charge is 2.49. The zero-order valence-corrected chi connectivity index (χ0v) is 18.0. The van der Waals surface area contributed by atoms with Crippen molar-refractivity contribution in [1.82, 2.24) is 5.32 Å². The third-order valence-electron chi connectivity index (χ3n) is 5.32. The number of nitrogens with zero attached hydrogens (tertiary/aromatic N) is 1. The molecule has 7 heteroatoms. The van der Waals surface area contributed by atoms with E-state index < -0.39 is 17.2 Å². The smallest absolute Gasteiger partial charge is 0.413 e. The summed E-state index contributed by atoms with van der Waals surface area (Å²) in [6, 6.07) is 5.17. The zero-order chi connectivity index (χ0) is 20.5. The second-order valence-electron chi connectivity index (χ2n) is 8.59. The van der Waals surface area contributed by atoms with Crippen molar-refractivity contribution in [3.05, 3.63) is 35.1 Å². The molecule has 5 nitrogen and oxygen atoms in total. The van der Waals surface area contributed by atoms with Crippen molar-refractivity contribution >= 4 is 23.0 Å². The number of hydrogen-bond acceptors (Lipinski definition) is 5. The van der Waals surface area contributed by atoms with E-state index in [2.05, 4.69) is 5.32 Å². The number of aryl methyl sites for hydroxylation is 1. The lowest BCUT2D eigenvalue weighted by Crippen LogP contribution is -2.48. The topological polar surface area (TPSA) is 59.9 Å². The highest BCUT2D eigenvalue weighted by molar-refractivity contribution is 8.13. The van der Waals surface area contributed by atoms with E-state index in [1.807, 2.05) is 33.8 Å². The van der Waals surface area contributed by atoms with Gasteiger partial charge in [-0.05, 0) is 53.0 Å². The van der Waals surface area contributed by atoms with E-state index >= 15 is 0 Å². The van der Waals surface area contributed by atoms with Gasteiger partial charge >= 0.3 is 6.09 Å². The number of carbonyl (C=O) groups is 1. The first-order chi connectivity index (χ1) is 13.1. The molecule has 154 valence electrons. The lowest BCUT2D eigenvalue weighted by Gasteiger charge is -2.46. The van der Waals surface area contributed by atoms with Crippen molar-refractivity contribution in [2.75, 3.05) is 12.9 Å². The number of carbonyl (C=O) groups excluding carboxylic acids is 1. The summed E-state index contributed by atoms with van der Waals surface area (Å²) in [7, 11) is 1.72. The Kier molecular flexibility index (Phi) is 6.05. The minimum absolute atomic E-state index is 0.136. The fraction of sp³-hybridized carbons (Fsp3) is 0.619. The Morgan fingerprint density at radius 3 is 2.82 bits per heavy atom. The van der Waals surface area contributed by atoms with Gasteiger partial charge in [-0.2, -0.15) is 0 Å². The molecule has 0 unspecified atom stereocenters. The Bertz CT molecular complexity index is 777. The maximum atomic E-state index is 14.9. The highest BCUT2D eigenvalue weighted by atomic mass is 32.2. The molecule has 28 heavy (non-hydrogen) atoms. The van der Waals surface area contributed by atoms with Crippen LogP contribution in [0.3, 0.4) is 0 Å². The van der Waals surface area contributed by atoms with E-state index in [0.29, 0.717) is 17.2 Å². The number of rotatable bonds is 2. The standard InChI is InChI=1S/C21H29FN2O3S/c1-13-6-7-17(22)16(10-13)21-9-8-15(26-5)11-14(21)12-28-18(24-21)23-19(25)27-20(2,3)4/h6-7,10,14-15H,8-9,11-12H2,1-5H3,(H,23,24,25)/t14-,15-,21-/m0/s1. The zero-order valence-electron chi connectivity index (χ0n) is 17.2. The molecule has 1 heterocycles. The third-order valence-corrected chi connectivity index (χ3v) is 6.36. The Hall–Kier alpha value is -1.60. The molecule has 1 aromatic rings. The molecule has 1 amide bonds. The fourth-order valence-corrected chi connectivity index (χ4v) is 5.17. The number of hydrogen-bond donors (Lipinski definition) is 1. The van der Waals surface area contributed by atoms with Gasteiger partial charge in [0.15, 0.2) is 5.17 Å². The highest BCUT2D eigenvalue weighted by Crippen LogP contribution is 2.50. The number of amides is 1. The van der Waals surface area contributed by atoms with Gasteiger partial charge in [-0.3, -0.25) is 10.3 Å². The quantitative estimate of drug-likeness (QED) is 0.766. The third kappa shape index (κ3) is 4.51. The Morgan fingerprint density at radius 1 is 1.39 bits per heavy atom. The largest absolute Gasteiger partial charge is 0.444 e. The molecule has 0 saturated heterocycles. The van der Waals surface area contributed by atoms with E-state index in [0.717, 1.165) is 24.2 Å². The van der Waals surface area contributed by atoms with Crippen LogP contribution in [0.5, 0.6) is 0 Å². The van der Waals surface area contributed by atoms with E-state index in [1.165, 1.54) is 17.8 Å². The summed E-state index contributed by atoms with van der Waals surface area (Å²) >= 11 is 1.48. The molecule has 0 radical (unpaired) electrons. The molecule has 1 N–H and O–H groups in total. The number of ether oxygens (including phenoxy) is 2. The van der Waals surface area contributed by atoms with E-state index in [1.54, 1.807) is 13.2 Å². The van der Waals surface area contributed by atoms with Gasteiger partial charge in [0.25, 0.3) is 0 Å². The predicted molar refractivity (Wildman–Crippen MR) is 110 cm³/mol. The van der Waals surface area contributed by atoms with Gasteiger partial charge in [0.1, 0.15) is 11.4 Å². The summed E-state index contributed by atoms with van der Waals surface area (Å²) in [4.78, 5) is 17.1. The maximum absolute atomic E-state index is 14.9. The van der Waals surface area contributed by atoms with Crippen LogP contribution in [0.1, 0.15) is 51.2 Å². The first kappa shape index (κ1) is 21.1. The summed E-state index contributed by atoms with van der Waals surface area (Å²) in [5.74, 6) is 0.623. The number of thioether (sulfide) groups is 1. The second kappa shape index (κ2) is 8.03. The van der Waals surface area contributed by atoms with Gasteiger partial charge in [-0.15, -0.1) is 0 Å². The average molecular weight is 409 g/mol. The number of amidine groups is 1. The van der Waals surface area contributed by atoms with Gasteiger partial charge in [0.2, 0.25) is 0 Å². The van der Waals surface area contributed by atoms with Gasteiger partial charge in [-0.1, -0.05) is 29.5 Å². The molecule has 3 atom stereocenters. The summed E-state index contributed by atoms with van der Waals surface area (Å²) in [5, 5.41) is 3.25. The lowest BCUT2D eigenvalue weighted by molar-refractivity contribution is 0.0227. The fourth-order valence-electron chi connectivity index (χ4n) is 4.02. The van der Waals surface area contributed by atoms with Crippen molar-refractivity contribution in [2.24, 2.45) is 10.9 Å². The number of fused-ring (bicyclic) bond motifs is 1. The SMILES string of the molecule is CO[C@H]1CC[C@]2(c3cc(C)ccc3F)N=C(NC(=O)OC(C)(C)C)SC[C@@H]2C1. The Balaban J connectivity index is 1.97. The number of benzene rings is 1. The van der Waals surface area contributed by atoms with Gasteiger partial charge in [0, 0.05) is 24.3 Å². The van der Waals surface area contributed by atoms with Gasteiger partial charge < -0.3 is 9.47 Å². The van der Waals surface area contributed by atoms with Gasteiger partial charge in [0.05, 0.1) is 11.6 Å².